The SMILES string of the molecule is CCOC(=O)C(C)Sc1nnc(CNC(=O)C23CC4CC(CC(C4)C2)C3)n1-c1ccccc1Cl. The van der Waals surface area contributed by atoms with Gasteiger partial charge in [-0.1, -0.05) is 35.5 Å². The first-order chi connectivity index (χ1) is 16.4. The Morgan fingerprint density at radius 1 is 1.18 bits per heavy atom. The highest BCUT2D eigenvalue weighted by molar-refractivity contribution is 8.00. The third-order valence-corrected chi connectivity index (χ3v) is 8.96. The largest absolute Gasteiger partial charge is 0.465 e. The van der Waals surface area contributed by atoms with Crippen LogP contribution in [0.3, 0.4) is 0 Å². The van der Waals surface area contributed by atoms with Gasteiger partial charge in [0, 0.05) is 5.41 Å². The fourth-order valence-electron chi connectivity index (χ4n) is 6.57. The lowest BCUT2D eigenvalue weighted by Gasteiger charge is -2.55. The van der Waals surface area contributed by atoms with E-state index in [0.29, 0.717) is 46.1 Å². The summed E-state index contributed by atoms with van der Waals surface area (Å²) in [6.45, 7) is 4.14. The summed E-state index contributed by atoms with van der Waals surface area (Å²) in [4.78, 5) is 25.7. The standard InChI is InChI=1S/C25H31ClN4O3S/c1-3-33-22(31)15(2)34-24-29-28-21(30(24)20-7-5-4-6-19(20)26)14-27-23(32)25-11-16-8-17(12-25)10-18(9-16)13-25/h4-7,15-18H,3,8-14H2,1-2H3,(H,27,32). The first kappa shape index (κ1) is 23.7. The lowest BCUT2D eigenvalue weighted by atomic mass is 9.49. The van der Waals surface area contributed by atoms with Gasteiger partial charge in [0.05, 0.1) is 23.9 Å². The average molecular weight is 503 g/mol. The number of carbonyl (C=O) groups is 2. The predicted octanol–water partition coefficient (Wildman–Crippen LogP) is 4.80. The molecule has 9 heteroatoms. The number of nitrogens with zero attached hydrogens (tertiary/aromatic N) is 3. The summed E-state index contributed by atoms with van der Waals surface area (Å²) < 4.78 is 6.98. The van der Waals surface area contributed by atoms with Crippen LogP contribution < -0.4 is 5.32 Å². The maximum atomic E-state index is 13.5. The third kappa shape index (κ3) is 4.47. The lowest BCUT2D eigenvalue weighted by molar-refractivity contribution is -0.146. The number of halogens is 1. The summed E-state index contributed by atoms with van der Waals surface area (Å²) >= 11 is 7.79. The number of aromatic nitrogens is 3. The van der Waals surface area contributed by atoms with E-state index in [2.05, 4.69) is 15.5 Å². The molecule has 1 N–H and O–H groups in total. The number of hydrogen-bond acceptors (Lipinski definition) is 6. The molecule has 1 amide bonds. The number of hydrogen-bond donors (Lipinski definition) is 1. The minimum Gasteiger partial charge on any atom is -0.465 e. The van der Waals surface area contributed by atoms with Gasteiger partial charge in [-0.3, -0.25) is 14.2 Å². The summed E-state index contributed by atoms with van der Waals surface area (Å²) in [7, 11) is 0. The van der Waals surface area contributed by atoms with Crippen LogP contribution in [0, 0.1) is 23.2 Å². The molecule has 4 saturated carbocycles. The molecule has 4 aliphatic carbocycles. The zero-order valence-electron chi connectivity index (χ0n) is 19.6. The second kappa shape index (κ2) is 9.53. The van der Waals surface area contributed by atoms with Crippen molar-refractivity contribution >= 4 is 35.2 Å². The topological polar surface area (TPSA) is 86.1 Å². The Balaban J connectivity index is 1.37. The maximum absolute atomic E-state index is 13.5. The molecule has 0 saturated heterocycles. The van der Waals surface area contributed by atoms with E-state index in [0.717, 1.165) is 19.3 Å². The summed E-state index contributed by atoms with van der Waals surface area (Å²) in [6, 6.07) is 7.44. The van der Waals surface area contributed by atoms with E-state index in [1.807, 2.05) is 22.8 Å². The first-order valence-corrected chi connectivity index (χ1v) is 13.4. The van der Waals surface area contributed by atoms with E-state index >= 15 is 0 Å². The molecule has 0 radical (unpaired) electrons. The number of thioether (sulfide) groups is 1. The molecule has 2 aromatic rings. The van der Waals surface area contributed by atoms with Gasteiger partial charge >= 0.3 is 5.97 Å². The molecule has 182 valence electrons. The minimum atomic E-state index is -0.458. The molecule has 6 rings (SSSR count). The van der Waals surface area contributed by atoms with E-state index in [9.17, 15) is 9.59 Å². The quantitative estimate of drug-likeness (QED) is 0.412. The zero-order chi connectivity index (χ0) is 23.9. The fourth-order valence-corrected chi connectivity index (χ4v) is 7.67. The molecule has 0 spiro atoms. The fraction of sp³-hybridized carbons (Fsp3) is 0.600. The first-order valence-electron chi connectivity index (χ1n) is 12.2. The van der Waals surface area contributed by atoms with Crippen LogP contribution >= 0.6 is 23.4 Å². The number of para-hydroxylation sites is 1. The molecular formula is C25H31ClN4O3S. The van der Waals surface area contributed by atoms with Crippen LogP contribution in [0.25, 0.3) is 5.69 Å². The van der Waals surface area contributed by atoms with Crippen LogP contribution in [0.1, 0.15) is 58.2 Å². The molecule has 4 bridgehead atoms. The molecule has 0 aliphatic heterocycles. The number of rotatable bonds is 8. The van der Waals surface area contributed by atoms with Gasteiger partial charge in [-0.25, -0.2) is 0 Å². The number of amides is 1. The number of esters is 1. The Bertz CT molecular complexity index is 1050. The van der Waals surface area contributed by atoms with Crippen molar-refractivity contribution in [3.8, 4) is 5.69 Å². The van der Waals surface area contributed by atoms with Crippen LogP contribution in [-0.2, 0) is 20.9 Å². The van der Waals surface area contributed by atoms with Crippen molar-refractivity contribution in [2.75, 3.05) is 6.61 Å². The van der Waals surface area contributed by atoms with Crippen LogP contribution in [-0.4, -0.2) is 38.5 Å². The number of nitrogens with one attached hydrogen (secondary N) is 1. The van der Waals surface area contributed by atoms with Crippen LogP contribution in [0.2, 0.25) is 5.02 Å². The van der Waals surface area contributed by atoms with Gasteiger partial charge in [0.1, 0.15) is 5.25 Å². The maximum Gasteiger partial charge on any atom is 0.319 e. The third-order valence-electron chi connectivity index (χ3n) is 7.62. The molecule has 1 unspecified atom stereocenters. The number of carbonyl (C=O) groups excluding carboxylic acids is 2. The van der Waals surface area contributed by atoms with Gasteiger partial charge in [-0.05, 0) is 82.3 Å². The number of ether oxygens (including phenoxy) is 1. The molecule has 4 aliphatic rings. The Morgan fingerprint density at radius 2 is 1.82 bits per heavy atom. The van der Waals surface area contributed by atoms with Crippen molar-refractivity contribution in [3.05, 3.63) is 35.1 Å². The highest BCUT2D eigenvalue weighted by Gasteiger charge is 2.54. The van der Waals surface area contributed by atoms with Crippen molar-refractivity contribution < 1.29 is 14.3 Å². The van der Waals surface area contributed by atoms with E-state index in [4.69, 9.17) is 16.3 Å². The molecule has 7 nitrogen and oxygen atoms in total. The molecule has 4 fully saturated rings. The zero-order valence-corrected chi connectivity index (χ0v) is 21.2. The highest BCUT2D eigenvalue weighted by Crippen LogP contribution is 2.60. The van der Waals surface area contributed by atoms with Gasteiger partial charge in [0.25, 0.3) is 0 Å². The Morgan fingerprint density at radius 3 is 2.44 bits per heavy atom. The van der Waals surface area contributed by atoms with E-state index in [1.165, 1.54) is 31.0 Å². The molecule has 1 atom stereocenters. The molecule has 1 aromatic carbocycles. The summed E-state index contributed by atoms with van der Waals surface area (Å²) in [5, 5.41) is 12.5. The second-order valence-corrected chi connectivity index (χ2v) is 11.8. The number of benzene rings is 1. The summed E-state index contributed by atoms with van der Waals surface area (Å²) in [5.41, 5.74) is 0.492. The molecule has 1 heterocycles. The van der Waals surface area contributed by atoms with Crippen molar-refractivity contribution in [2.24, 2.45) is 23.2 Å². The normalized spacial score (nSPS) is 28.0. The Kier molecular flexibility index (Phi) is 6.64. The van der Waals surface area contributed by atoms with Crippen molar-refractivity contribution in [1.29, 1.82) is 0 Å². The summed E-state index contributed by atoms with van der Waals surface area (Å²) in [5.74, 6) is 2.54. The lowest BCUT2D eigenvalue weighted by Crippen LogP contribution is -2.53. The van der Waals surface area contributed by atoms with E-state index in [-0.39, 0.29) is 23.8 Å². The molecule has 34 heavy (non-hydrogen) atoms. The van der Waals surface area contributed by atoms with Gasteiger partial charge in [-0.15, -0.1) is 10.2 Å². The van der Waals surface area contributed by atoms with Crippen LogP contribution in [0.5, 0.6) is 0 Å². The minimum absolute atomic E-state index is 0.148. The van der Waals surface area contributed by atoms with Crippen molar-refractivity contribution in [1.82, 2.24) is 20.1 Å². The molecular weight excluding hydrogens is 472 g/mol. The van der Waals surface area contributed by atoms with Crippen LogP contribution in [0.4, 0.5) is 0 Å². The highest BCUT2D eigenvalue weighted by atomic mass is 35.5. The van der Waals surface area contributed by atoms with E-state index < -0.39 is 5.25 Å². The second-order valence-electron chi connectivity index (χ2n) is 10.1. The predicted molar refractivity (Wildman–Crippen MR) is 131 cm³/mol. The smallest absolute Gasteiger partial charge is 0.319 e. The summed E-state index contributed by atoms with van der Waals surface area (Å²) in [6.07, 6.45) is 6.94. The van der Waals surface area contributed by atoms with Gasteiger partial charge < -0.3 is 10.1 Å². The molecule has 1 aromatic heterocycles. The monoisotopic (exact) mass is 502 g/mol. The van der Waals surface area contributed by atoms with Gasteiger partial charge in [0.15, 0.2) is 11.0 Å². The Labute approximate surface area is 209 Å². The Hall–Kier alpha value is -2.06. The van der Waals surface area contributed by atoms with Crippen molar-refractivity contribution in [2.45, 2.75) is 69.3 Å². The van der Waals surface area contributed by atoms with E-state index in [1.54, 1.807) is 19.9 Å². The van der Waals surface area contributed by atoms with Crippen LogP contribution in [0.15, 0.2) is 29.4 Å². The van der Waals surface area contributed by atoms with Crippen molar-refractivity contribution in [3.63, 3.8) is 0 Å². The van der Waals surface area contributed by atoms with Gasteiger partial charge in [-0.2, -0.15) is 0 Å². The average Bonchev–Trinajstić information content (AvgIpc) is 3.19. The van der Waals surface area contributed by atoms with Gasteiger partial charge in [0.2, 0.25) is 5.91 Å².